The first-order valence-corrected chi connectivity index (χ1v) is 10.1. The van der Waals surface area contributed by atoms with Crippen LogP contribution in [0.5, 0.6) is 11.5 Å². The third kappa shape index (κ3) is 5.35. The topological polar surface area (TPSA) is 90.9 Å². The quantitative estimate of drug-likeness (QED) is 0.523. The summed E-state index contributed by atoms with van der Waals surface area (Å²) in [6, 6.07) is 7.23. The molecule has 1 aromatic carbocycles. The molecule has 1 aliphatic heterocycles. The summed E-state index contributed by atoms with van der Waals surface area (Å²) in [6.07, 6.45) is -0.953. The van der Waals surface area contributed by atoms with E-state index in [0.717, 1.165) is 15.3 Å². The number of hydrogen-bond donors (Lipinski definition) is 1. The number of nitrogens with one attached hydrogen (secondary N) is 1. The SMILES string of the molecule is Cc1cc(C(=O)CCC(=O)O[C@H](C)C(=O)NCc2ccc3c(c2)OCO3)c(C)s1. The van der Waals surface area contributed by atoms with E-state index < -0.39 is 18.0 Å². The van der Waals surface area contributed by atoms with Gasteiger partial charge >= 0.3 is 5.97 Å². The van der Waals surface area contributed by atoms with Crippen molar-refractivity contribution in [1.82, 2.24) is 5.32 Å². The molecule has 1 amide bonds. The third-order valence-electron chi connectivity index (χ3n) is 4.48. The number of benzene rings is 1. The first-order valence-electron chi connectivity index (χ1n) is 9.29. The molecule has 1 aliphatic rings. The fourth-order valence-corrected chi connectivity index (χ4v) is 3.89. The average Bonchev–Trinajstić information content (AvgIpc) is 3.29. The Hall–Kier alpha value is -2.87. The molecule has 2 aromatic rings. The van der Waals surface area contributed by atoms with Gasteiger partial charge in [-0.1, -0.05) is 6.07 Å². The number of Topliss-reactive ketones (excluding diaryl/α,β-unsaturated/α-hetero) is 1. The molecule has 2 heterocycles. The minimum absolute atomic E-state index is 0.0569. The Kier molecular flexibility index (Phi) is 6.53. The van der Waals surface area contributed by atoms with E-state index in [1.165, 1.54) is 6.92 Å². The van der Waals surface area contributed by atoms with Crippen LogP contribution in [-0.4, -0.2) is 30.6 Å². The van der Waals surface area contributed by atoms with Gasteiger partial charge in [0.2, 0.25) is 6.79 Å². The predicted octanol–water partition coefficient (Wildman–Crippen LogP) is 3.30. The van der Waals surface area contributed by atoms with Crippen LogP contribution in [0.25, 0.3) is 0 Å². The van der Waals surface area contributed by atoms with Gasteiger partial charge in [0, 0.05) is 28.3 Å². The maximum Gasteiger partial charge on any atom is 0.307 e. The second-order valence-corrected chi connectivity index (χ2v) is 8.25. The molecule has 0 saturated carbocycles. The van der Waals surface area contributed by atoms with Crippen LogP contribution >= 0.6 is 11.3 Å². The highest BCUT2D eigenvalue weighted by Crippen LogP contribution is 2.32. The number of carbonyl (C=O) groups excluding carboxylic acids is 3. The number of fused-ring (bicyclic) bond motifs is 1. The second-order valence-electron chi connectivity index (χ2n) is 6.79. The van der Waals surface area contributed by atoms with Crippen LogP contribution in [0, 0.1) is 13.8 Å². The molecule has 0 aliphatic carbocycles. The number of ether oxygens (including phenoxy) is 3. The minimum atomic E-state index is -0.947. The van der Waals surface area contributed by atoms with Crippen LogP contribution < -0.4 is 14.8 Å². The van der Waals surface area contributed by atoms with Crippen molar-refractivity contribution in [2.75, 3.05) is 6.79 Å². The number of amides is 1. The molecule has 1 aromatic heterocycles. The molecular formula is C21H23NO6S. The summed E-state index contributed by atoms with van der Waals surface area (Å²) in [6.45, 7) is 5.78. The first-order chi connectivity index (χ1) is 13.8. The molecule has 1 atom stereocenters. The van der Waals surface area contributed by atoms with Crippen molar-refractivity contribution in [3.8, 4) is 11.5 Å². The highest BCUT2D eigenvalue weighted by Gasteiger charge is 2.20. The molecule has 0 spiro atoms. The van der Waals surface area contributed by atoms with Crippen LogP contribution in [0.4, 0.5) is 0 Å². The van der Waals surface area contributed by atoms with Crippen molar-refractivity contribution >= 4 is 29.0 Å². The Morgan fingerprint density at radius 2 is 1.90 bits per heavy atom. The molecule has 0 unspecified atom stereocenters. The zero-order valence-electron chi connectivity index (χ0n) is 16.6. The number of ketones is 1. The molecule has 154 valence electrons. The molecule has 0 fully saturated rings. The Labute approximate surface area is 173 Å². The van der Waals surface area contributed by atoms with Gasteiger partial charge in [-0.05, 0) is 44.5 Å². The molecule has 0 radical (unpaired) electrons. The lowest BCUT2D eigenvalue weighted by molar-refractivity contribution is -0.154. The van der Waals surface area contributed by atoms with E-state index in [0.29, 0.717) is 17.1 Å². The van der Waals surface area contributed by atoms with Gasteiger partial charge in [-0.3, -0.25) is 14.4 Å². The highest BCUT2D eigenvalue weighted by molar-refractivity contribution is 7.12. The molecule has 29 heavy (non-hydrogen) atoms. The van der Waals surface area contributed by atoms with Crippen molar-refractivity contribution in [3.05, 3.63) is 45.1 Å². The van der Waals surface area contributed by atoms with E-state index in [1.807, 2.05) is 26.0 Å². The van der Waals surface area contributed by atoms with Gasteiger partial charge in [0.05, 0.1) is 6.42 Å². The van der Waals surface area contributed by atoms with Gasteiger partial charge in [-0.25, -0.2) is 0 Å². The van der Waals surface area contributed by atoms with Gasteiger partial charge in [0.1, 0.15) is 0 Å². The third-order valence-corrected chi connectivity index (χ3v) is 5.44. The minimum Gasteiger partial charge on any atom is -0.454 e. The molecule has 0 bridgehead atoms. The average molecular weight is 417 g/mol. The van der Waals surface area contributed by atoms with Crippen molar-refractivity contribution in [2.45, 2.75) is 46.3 Å². The van der Waals surface area contributed by atoms with Crippen molar-refractivity contribution < 1.29 is 28.6 Å². The zero-order valence-corrected chi connectivity index (χ0v) is 17.4. The van der Waals surface area contributed by atoms with Crippen molar-refractivity contribution in [1.29, 1.82) is 0 Å². The summed E-state index contributed by atoms with van der Waals surface area (Å²) in [4.78, 5) is 38.4. The molecule has 3 rings (SSSR count). The van der Waals surface area contributed by atoms with Gasteiger partial charge in [-0.2, -0.15) is 0 Å². The Morgan fingerprint density at radius 1 is 1.14 bits per heavy atom. The fraction of sp³-hybridized carbons (Fsp3) is 0.381. The normalized spacial score (nSPS) is 13.1. The Balaban J connectivity index is 1.42. The maximum absolute atomic E-state index is 12.2. The largest absolute Gasteiger partial charge is 0.454 e. The van der Waals surface area contributed by atoms with E-state index in [2.05, 4.69) is 5.32 Å². The lowest BCUT2D eigenvalue weighted by Gasteiger charge is -2.13. The van der Waals surface area contributed by atoms with E-state index in [9.17, 15) is 14.4 Å². The smallest absolute Gasteiger partial charge is 0.307 e. The highest BCUT2D eigenvalue weighted by atomic mass is 32.1. The molecule has 8 heteroatoms. The summed E-state index contributed by atoms with van der Waals surface area (Å²) in [5, 5.41) is 2.72. The summed E-state index contributed by atoms with van der Waals surface area (Å²) in [5.74, 6) is 0.228. The van der Waals surface area contributed by atoms with E-state index in [-0.39, 0.29) is 32.0 Å². The van der Waals surface area contributed by atoms with Gasteiger partial charge < -0.3 is 19.5 Å². The summed E-state index contributed by atoms with van der Waals surface area (Å²) >= 11 is 1.55. The van der Waals surface area contributed by atoms with Gasteiger partial charge in [0.15, 0.2) is 23.4 Å². The number of thiophene rings is 1. The van der Waals surface area contributed by atoms with Crippen LogP contribution in [0.3, 0.4) is 0 Å². The number of rotatable bonds is 8. The zero-order chi connectivity index (χ0) is 21.0. The fourth-order valence-electron chi connectivity index (χ4n) is 2.95. The lowest BCUT2D eigenvalue weighted by atomic mass is 10.1. The standard InChI is InChI=1S/C21H23NO6S/c1-12-8-16(14(3)29-12)17(23)5-7-20(24)28-13(2)21(25)22-10-15-4-6-18-19(9-15)27-11-26-18/h4,6,8-9,13H,5,7,10-11H2,1-3H3,(H,22,25)/t13-/m1/s1. The molecule has 0 saturated heterocycles. The van der Waals surface area contributed by atoms with Crippen molar-refractivity contribution in [2.24, 2.45) is 0 Å². The lowest BCUT2D eigenvalue weighted by Crippen LogP contribution is -2.35. The van der Waals surface area contributed by atoms with Crippen LogP contribution in [-0.2, 0) is 20.9 Å². The van der Waals surface area contributed by atoms with E-state index in [1.54, 1.807) is 23.5 Å². The molecule has 1 N–H and O–H groups in total. The monoisotopic (exact) mass is 417 g/mol. The van der Waals surface area contributed by atoms with Crippen LogP contribution in [0.2, 0.25) is 0 Å². The Morgan fingerprint density at radius 3 is 2.62 bits per heavy atom. The molecular weight excluding hydrogens is 394 g/mol. The summed E-state index contributed by atoms with van der Waals surface area (Å²) in [7, 11) is 0. The van der Waals surface area contributed by atoms with Gasteiger partial charge in [0.25, 0.3) is 5.91 Å². The Bertz CT molecular complexity index is 935. The van der Waals surface area contributed by atoms with E-state index >= 15 is 0 Å². The van der Waals surface area contributed by atoms with Crippen molar-refractivity contribution in [3.63, 3.8) is 0 Å². The van der Waals surface area contributed by atoms with Gasteiger partial charge in [-0.15, -0.1) is 11.3 Å². The number of aryl methyl sites for hydroxylation is 2. The molecule has 7 nitrogen and oxygen atoms in total. The number of carbonyl (C=O) groups is 3. The number of esters is 1. The van der Waals surface area contributed by atoms with Crippen LogP contribution in [0.1, 0.15) is 45.4 Å². The van der Waals surface area contributed by atoms with E-state index in [4.69, 9.17) is 14.2 Å². The predicted molar refractivity (Wildman–Crippen MR) is 107 cm³/mol. The first kappa shape index (κ1) is 20.9. The summed E-state index contributed by atoms with van der Waals surface area (Å²) < 4.78 is 15.7. The van der Waals surface area contributed by atoms with Crippen LogP contribution in [0.15, 0.2) is 24.3 Å². The summed E-state index contributed by atoms with van der Waals surface area (Å²) in [5.41, 5.74) is 1.49. The second kappa shape index (κ2) is 9.09. The number of hydrogen-bond acceptors (Lipinski definition) is 7. The maximum atomic E-state index is 12.2.